The largest absolute Gasteiger partial charge is 0.490 e. The molecule has 1 aliphatic carbocycles. The average Bonchev–Trinajstić information content (AvgIpc) is 3.20. The van der Waals surface area contributed by atoms with E-state index in [0.717, 1.165) is 12.8 Å². The molecule has 1 unspecified atom stereocenters. The second kappa shape index (κ2) is 6.26. The van der Waals surface area contributed by atoms with Crippen molar-refractivity contribution in [2.75, 3.05) is 6.61 Å². The van der Waals surface area contributed by atoms with E-state index in [-0.39, 0.29) is 5.75 Å². The first-order chi connectivity index (χ1) is 9.79. The first kappa shape index (κ1) is 16.1. The molecule has 5 heteroatoms. The number of nitrogens with zero attached hydrogens (tertiary/aromatic N) is 1. The van der Waals surface area contributed by atoms with Crippen LogP contribution in [0.25, 0.3) is 0 Å². The number of rotatable bonds is 5. The molecule has 1 aromatic carbocycles. The fourth-order valence-electron chi connectivity index (χ4n) is 1.70. The molecule has 116 valence electrons. The molecular weight excluding hydrogens is 289 g/mol. The summed E-state index contributed by atoms with van der Waals surface area (Å²) in [5, 5.41) is 0. The van der Waals surface area contributed by atoms with Crippen LogP contribution in [-0.2, 0) is 11.0 Å². The molecule has 2 rings (SSSR count). The van der Waals surface area contributed by atoms with Gasteiger partial charge in [-0.1, -0.05) is 6.07 Å². The van der Waals surface area contributed by atoms with Gasteiger partial charge >= 0.3 is 0 Å². The van der Waals surface area contributed by atoms with E-state index in [1.165, 1.54) is 0 Å². The Morgan fingerprint density at radius 1 is 1.43 bits per heavy atom. The highest BCUT2D eigenvalue weighted by Gasteiger charge is 2.23. The van der Waals surface area contributed by atoms with Gasteiger partial charge in [-0.15, -0.1) is 0 Å². The highest BCUT2D eigenvalue weighted by Crippen LogP contribution is 2.30. The van der Waals surface area contributed by atoms with Crippen LogP contribution < -0.4 is 4.74 Å². The van der Waals surface area contributed by atoms with Gasteiger partial charge in [-0.25, -0.2) is 8.60 Å². The molecule has 0 radical (unpaired) electrons. The van der Waals surface area contributed by atoms with Crippen LogP contribution in [-0.4, -0.2) is 21.3 Å². The summed E-state index contributed by atoms with van der Waals surface area (Å²) in [5.41, 5.74) is 0.776. The van der Waals surface area contributed by atoms with Gasteiger partial charge in [0.15, 0.2) is 11.6 Å². The van der Waals surface area contributed by atoms with E-state index in [1.54, 1.807) is 25.1 Å². The molecule has 0 amide bonds. The van der Waals surface area contributed by atoms with Gasteiger partial charge < -0.3 is 4.74 Å². The topological polar surface area (TPSA) is 38.7 Å². The van der Waals surface area contributed by atoms with Crippen LogP contribution >= 0.6 is 0 Å². The lowest BCUT2D eigenvalue weighted by atomic mass is 10.1. The van der Waals surface area contributed by atoms with Crippen molar-refractivity contribution < 1.29 is 13.3 Å². The molecule has 0 spiro atoms. The molecule has 0 N–H and O–H groups in total. The van der Waals surface area contributed by atoms with Crippen molar-refractivity contribution in [3.63, 3.8) is 0 Å². The molecule has 21 heavy (non-hydrogen) atoms. The summed E-state index contributed by atoms with van der Waals surface area (Å²) in [7, 11) is -1.40. The van der Waals surface area contributed by atoms with Crippen LogP contribution in [0, 0.1) is 11.7 Å². The smallest absolute Gasteiger partial charge is 0.174 e. The summed E-state index contributed by atoms with van der Waals surface area (Å²) in [6.45, 7) is 7.75. The van der Waals surface area contributed by atoms with E-state index in [1.807, 2.05) is 20.8 Å². The summed E-state index contributed by atoms with van der Waals surface area (Å²) < 4.78 is 35.7. The molecule has 1 atom stereocenters. The molecule has 0 saturated heterocycles. The van der Waals surface area contributed by atoms with E-state index in [2.05, 4.69) is 4.40 Å². The maximum Gasteiger partial charge on any atom is 0.174 e. The molecule has 1 saturated carbocycles. The number of halogens is 1. The molecule has 0 heterocycles. The SMILES string of the molecule is CC(=NS(=O)C(C)(C)C)c1cccc(OCC2CC2)c1F. The minimum Gasteiger partial charge on any atom is -0.490 e. The fraction of sp³-hybridized carbons (Fsp3) is 0.562. The Hall–Kier alpha value is -1.23. The Morgan fingerprint density at radius 3 is 2.67 bits per heavy atom. The summed E-state index contributed by atoms with van der Waals surface area (Å²) in [4.78, 5) is 0. The maximum atomic E-state index is 14.4. The molecule has 0 bridgehead atoms. The number of ether oxygens (including phenoxy) is 1. The molecule has 1 fully saturated rings. The fourth-order valence-corrected chi connectivity index (χ4v) is 2.33. The Kier molecular flexibility index (Phi) is 4.81. The highest BCUT2D eigenvalue weighted by molar-refractivity contribution is 7.85. The van der Waals surface area contributed by atoms with Gasteiger partial charge in [0.2, 0.25) is 0 Å². The van der Waals surface area contributed by atoms with E-state index >= 15 is 0 Å². The standard InChI is InChI=1S/C16H22FNO2S/c1-11(18-21(19)16(2,3)4)13-6-5-7-14(15(13)17)20-10-12-8-9-12/h5-7,12H,8-10H2,1-4H3. The Bertz CT molecular complexity index is 574. The Balaban J connectivity index is 2.20. The van der Waals surface area contributed by atoms with Gasteiger partial charge in [-0.2, -0.15) is 4.40 Å². The first-order valence-electron chi connectivity index (χ1n) is 7.18. The van der Waals surface area contributed by atoms with Gasteiger partial charge in [0.05, 0.1) is 17.1 Å². The average molecular weight is 311 g/mol. The summed E-state index contributed by atoms with van der Waals surface area (Å²) in [6.07, 6.45) is 2.32. The lowest BCUT2D eigenvalue weighted by Crippen LogP contribution is -2.21. The third-order valence-corrected chi connectivity index (χ3v) is 4.76. The lowest BCUT2D eigenvalue weighted by molar-refractivity contribution is 0.285. The van der Waals surface area contributed by atoms with E-state index in [0.29, 0.717) is 23.8 Å². The Morgan fingerprint density at radius 2 is 2.10 bits per heavy atom. The molecule has 1 aromatic rings. The third kappa shape index (κ3) is 4.37. The van der Waals surface area contributed by atoms with Crippen molar-refractivity contribution >= 4 is 16.7 Å². The molecule has 0 aliphatic heterocycles. The van der Waals surface area contributed by atoms with E-state index in [4.69, 9.17) is 4.74 Å². The second-order valence-corrected chi connectivity index (χ2v) is 8.32. The van der Waals surface area contributed by atoms with Crippen molar-refractivity contribution in [2.45, 2.75) is 45.3 Å². The minimum absolute atomic E-state index is 0.246. The number of benzene rings is 1. The van der Waals surface area contributed by atoms with Gasteiger partial charge in [0, 0.05) is 5.56 Å². The predicted molar refractivity (Wildman–Crippen MR) is 84.7 cm³/mol. The van der Waals surface area contributed by atoms with Crippen molar-refractivity contribution in [1.82, 2.24) is 0 Å². The predicted octanol–water partition coefficient (Wildman–Crippen LogP) is 3.89. The maximum absolute atomic E-state index is 14.4. The third-order valence-electron chi connectivity index (χ3n) is 3.27. The van der Waals surface area contributed by atoms with Gasteiger partial charge in [0.1, 0.15) is 11.0 Å². The zero-order chi connectivity index (χ0) is 15.6. The summed E-state index contributed by atoms with van der Waals surface area (Å²) >= 11 is 0. The molecular formula is C16H22FNO2S. The minimum atomic E-state index is -1.40. The van der Waals surface area contributed by atoms with Crippen molar-refractivity contribution in [2.24, 2.45) is 10.3 Å². The molecule has 0 aromatic heterocycles. The van der Waals surface area contributed by atoms with Crippen LogP contribution in [0.5, 0.6) is 5.75 Å². The Labute approximate surface area is 128 Å². The van der Waals surface area contributed by atoms with Crippen LogP contribution in [0.4, 0.5) is 4.39 Å². The number of hydrogen-bond acceptors (Lipinski definition) is 2. The van der Waals surface area contributed by atoms with Gasteiger partial charge in [-0.05, 0) is 58.6 Å². The van der Waals surface area contributed by atoms with E-state index < -0.39 is 21.5 Å². The van der Waals surface area contributed by atoms with Crippen molar-refractivity contribution in [3.8, 4) is 5.75 Å². The zero-order valence-electron chi connectivity index (χ0n) is 13.0. The van der Waals surface area contributed by atoms with Crippen molar-refractivity contribution in [1.29, 1.82) is 0 Å². The monoisotopic (exact) mass is 311 g/mol. The second-order valence-electron chi connectivity index (χ2n) is 6.41. The van der Waals surface area contributed by atoms with E-state index in [9.17, 15) is 8.60 Å². The van der Waals surface area contributed by atoms with Gasteiger partial charge in [-0.3, -0.25) is 0 Å². The van der Waals surface area contributed by atoms with Crippen LogP contribution in [0.3, 0.4) is 0 Å². The number of hydrogen-bond donors (Lipinski definition) is 0. The van der Waals surface area contributed by atoms with Crippen molar-refractivity contribution in [3.05, 3.63) is 29.6 Å². The van der Waals surface area contributed by atoms with Crippen LogP contribution in [0.2, 0.25) is 0 Å². The quantitative estimate of drug-likeness (QED) is 0.774. The zero-order valence-corrected chi connectivity index (χ0v) is 13.8. The summed E-state index contributed by atoms with van der Waals surface area (Å²) in [5.74, 6) is 0.386. The molecule has 1 aliphatic rings. The summed E-state index contributed by atoms with van der Waals surface area (Å²) in [6, 6.07) is 4.99. The van der Waals surface area contributed by atoms with Crippen LogP contribution in [0.1, 0.15) is 46.1 Å². The highest BCUT2D eigenvalue weighted by atomic mass is 32.2. The van der Waals surface area contributed by atoms with Gasteiger partial charge in [0.25, 0.3) is 0 Å². The normalized spacial score (nSPS) is 17.7. The lowest BCUT2D eigenvalue weighted by Gasteiger charge is -2.15. The first-order valence-corrected chi connectivity index (χ1v) is 8.28. The molecule has 3 nitrogen and oxygen atoms in total. The van der Waals surface area contributed by atoms with Crippen LogP contribution in [0.15, 0.2) is 22.6 Å².